The van der Waals surface area contributed by atoms with Gasteiger partial charge in [-0.25, -0.2) is 13.1 Å². The average Bonchev–Trinajstić information content (AvgIpc) is 3.11. The number of hydrogen-bond donors (Lipinski definition) is 1. The maximum absolute atomic E-state index is 13.0. The molecular formula is C20H24N2O4S. The third-order valence-electron chi connectivity index (χ3n) is 4.88. The molecule has 0 bridgehead atoms. The van der Waals surface area contributed by atoms with Gasteiger partial charge in [0.15, 0.2) is 0 Å². The fourth-order valence-electron chi connectivity index (χ4n) is 3.44. The van der Waals surface area contributed by atoms with Gasteiger partial charge in [-0.3, -0.25) is 4.79 Å². The Balaban J connectivity index is 1.80. The Morgan fingerprint density at radius 2 is 2.00 bits per heavy atom. The van der Waals surface area contributed by atoms with Crippen LogP contribution < -0.4 is 4.72 Å². The maximum atomic E-state index is 13.0. The van der Waals surface area contributed by atoms with Crippen molar-refractivity contribution in [3.05, 3.63) is 65.2 Å². The Morgan fingerprint density at radius 3 is 2.78 bits per heavy atom. The largest absolute Gasteiger partial charge is 0.383 e. The van der Waals surface area contributed by atoms with Gasteiger partial charge in [0.05, 0.1) is 17.5 Å². The van der Waals surface area contributed by atoms with Crippen LogP contribution in [-0.4, -0.2) is 46.5 Å². The van der Waals surface area contributed by atoms with E-state index in [4.69, 9.17) is 4.74 Å². The Labute approximate surface area is 160 Å². The van der Waals surface area contributed by atoms with Gasteiger partial charge >= 0.3 is 0 Å². The lowest BCUT2D eigenvalue weighted by Gasteiger charge is -2.25. The topological polar surface area (TPSA) is 75.7 Å². The van der Waals surface area contributed by atoms with Crippen LogP contribution in [0.1, 0.15) is 33.9 Å². The van der Waals surface area contributed by atoms with Gasteiger partial charge in [0.1, 0.15) is 0 Å². The average molecular weight is 388 g/mol. The van der Waals surface area contributed by atoms with Crippen molar-refractivity contribution < 1.29 is 17.9 Å². The zero-order valence-electron chi connectivity index (χ0n) is 15.5. The smallest absolute Gasteiger partial charge is 0.254 e. The number of benzene rings is 2. The second-order valence-electron chi connectivity index (χ2n) is 6.59. The van der Waals surface area contributed by atoms with E-state index in [2.05, 4.69) is 16.9 Å². The van der Waals surface area contributed by atoms with Crippen LogP contribution in [0.25, 0.3) is 0 Å². The van der Waals surface area contributed by atoms with Gasteiger partial charge in [-0.1, -0.05) is 30.3 Å². The first-order chi connectivity index (χ1) is 12.9. The van der Waals surface area contributed by atoms with Crippen molar-refractivity contribution in [2.75, 3.05) is 27.3 Å². The van der Waals surface area contributed by atoms with Crippen LogP contribution in [0.4, 0.5) is 0 Å². The van der Waals surface area contributed by atoms with Gasteiger partial charge in [0, 0.05) is 26.3 Å². The molecule has 0 aromatic heterocycles. The Morgan fingerprint density at radius 1 is 1.22 bits per heavy atom. The molecule has 2 aromatic carbocycles. The molecule has 0 radical (unpaired) electrons. The highest BCUT2D eigenvalue weighted by Crippen LogP contribution is 2.35. The molecule has 1 N–H and O–H groups in total. The van der Waals surface area contributed by atoms with Gasteiger partial charge in [-0.15, -0.1) is 0 Å². The van der Waals surface area contributed by atoms with Gasteiger partial charge in [-0.2, -0.15) is 0 Å². The van der Waals surface area contributed by atoms with Crippen molar-refractivity contribution in [1.82, 2.24) is 9.62 Å². The van der Waals surface area contributed by atoms with E-state index in [1.54, 1.807) is 24.1 Å². The second kappa shape index (κ2) is 8.21. The summed E-state index contributed by atoms with van der Waals surface area (Å²) in [4.78, 5) is 14.7. The van der Waals surface area contributed by atoms with Gasteiger partial charge in [-0.05, 0) is 42.2 Å². The van der Waals surface area contributed by atoms with Crippen LogP contribution in [0.3, 0.4) is 0 Å². The summed E-state index contributed by atoms with van der Waals surface area (Å²) >= 11 is 0. The molecule has 1 unspecified atom stereocenters. The van der Waals surface area contributed by atoms with Gasteiger partial charge in [0.2, 0.25) is 10.0 Å². The number of hydrogen-bond acceptors (Lipinski definition) is 4. The normalized spacial score (nSPS) is 16.1. The third kappa shape index (κ3) is 4.21. The lowest BCUT2D eigenvalue weighted by molar-refractivity contribution is 0.0730. The fourth-order valence-corrected chi connectivity index (χ4v) is 4.50. The van der Waals surface area contributed by atoms with Crippen LogP contribution in [0.2, 0.25) is 0 Å². The van der Waals surface area contributed by atoms with Crippen molar-refractivity contribution in [2.45, 2.75) is 23.8 Å². The number of nitrogens with zero attached hydrogens (tertiary/aromatic N) is 1. The summed E-state index contributed by atoms with van der Waals surface area (Å²) in [5.74, 6) is -0.189. The Hall–Kier alpha value is -2.22. The number of carbonyl (C=O) groups is 1. The molecule has 0 aliphatic heterocycles. The summed E-state index contributed by atoms with van der Waals surface area (Å²) in [5.41, 5.74) is 2.79. The lowest BCUT2D eigenvalue weighted by Crippen LogP contribution is -2.31. The van der Waals surface area contributed by atoms with E-state index in [0.717, 1.165) is 12.8 Å². The molecule has 6 nitrogen and oxygen atoms in total. The quantitative estimate of drug-likeness (QED) is 0.739. The minimum atomic E-state index is -3.68. The number of aryl methyl sites for hydroxylation is 1. The molecule has 2 aromatic rings. The summed E-state index contributed by atoms with van der Waals surface area (Å²) in [6, 6.07) is 14.3. The minimum Gasteiger partial charge on any atom is -0.383 e. The first-order valence-corrected chi connectivity index (χ1v) is 10.4. The third-order valence-corrected chi connectivity index (χ3v) is 6.34. The molecule has 3 rings (SSSR count). The standard InChI is InChI=1S/C20H24N2O4S/c1-22(19-11-10-15-6-3-4-9-18(15)19)20(23)16-7-5-8-17(14-16)27(24,25)21-12-13-26-2/h3-9,14,19,21H,10-13H2,1-2H3. The maximum Gasteiger partial charge on any atom is 0.254 e. The molecule has 0 fully saturated rings. The second-order valence-corrected chi connectivity index (χ2v) is 8.35. The van der Waals surface area contributed by atoms with Crippen LogP contribution in [0.15, 0.2) is 53.4 Å². The molecule has 1 aliphatic rings. The minimum absolute atomic E-state index is 0.00814. The van der Waals surface area contributed by atoms with E-state index in [-0.39, 0.29) is 30.0 Å². The zero-order chi connectivity index (χ0) is 19.4. The summed E-state index contributed by atoms with van der Waals surface area (Å²) in [5, 5.41) is 0. The molecule has 7 heteroatoms. The number of carbonyl (C=O) groups excluding carboxylic acids is 1. The number of sulfonamides is 1. The Kier molecular flexibility index (Phi) is 5.94. The first kappa shape index (κ1) is 19.5. The zero-order valence-corrected chi connectivity index (χ0v) is 16.3. The van der Waals surface area contributed by atoms with E-state index in [1.807, 2.05) is 12.1 Å². The van der Waals surface area contributed by atoms with E-state index >= 15 is 0 Å². The molecular weight excluding hydrogens is 364 g/mol. The molecule has 1 atom stereocenters. The monoisotopic (exact) mass is 388 g/mol. The van der Waals surface area contributed by atoms with Crippen molar-refractivity contribution in [3.63, 3.8) is 0 Å². The molecule has 0 saturated carbocycles. The van der Waals surface area contributed by atoms with E-state index in [0.29, 0.717) is 5.56 Å². The number of rotatable bonds is 7. The van der Waals surface area contributed by atoms with E-state index < -0.39 is 10.0 Å². The number of nitrogens with one attached hydrogen (secondary N) is 1. The van der Waals surface area contributed by atoms with Crippen LogP contribution in [0, 0.1) is 0 Å². The van der Waals surface area contributed by atoms with Crippen LogP contribution in [0.5, 0.6) is 0 Å². The fraction of sp³-hybridized carbons (Fsp3) is 0.350. The van der Waals surface area contributed by atoms with Gasteiger partial charge in [0.25, 0.3) is 5.91 Å². The number of amides is 1. The molecule has 0 heterocycles. The Bertz CT molecular complexity index is 927. The molecule has 0 saturated heterocycles. The first-order valence-electron chi connectivity index (χ1n) is 8.87. The van der Waals surface area contributed by atoms with Crippen molar-refractivity contribution in [3.8, 4) is 0 Å². The number of fused-ring (bicyclic) bond motifs is 1. The predicted octanol–water partition coefficient (Wildman–Crippen LogP) is 2.37. The molecule has 1 aliphatic carbocycles. The van der Waals surface area contributed by atoms with Gasteiger partial charge < -0.3 is 9.64 Å². The van der Waals surface area contributed by atoms with Crippen molar-refractivity contribution in [1.29, 1.82) is 0 Å². The molecule has 144 valence electrons. The highest BCUT2D eigenvalue weighted by atomic mass is 32.2. The van der Waals surface area contributed by atoms with Crippen molar-refractivity contribution in [2.24, 2.45) is 0 Å². The van der Waals surface area contributed by atoms with Crippen molar-refractivity contribution >= 4 is 15.9 Å². The lowest BCUT2D eigenvalue weighted by atomic mass is 10.1. The summed E-state index contributed by atoms with van der Waals surface area (Å²) in [6.07, 6.45) is 1.81. The molecule has 27 heavy (non-hydrogen) atoms. The molecule has 0 spiro atoms. The summed E-state index contributed by atoms with van der Waals surface area (Å²) in [7, 11) is -0.407. The van der Waals surface area contributed by atoms with E-state index in [1.165, 1.54) is 30.4 Å². The van der Waals surface area contributed by atoms with Crippen LogP contribution in [-0.2, 0) is 21.2 Å². The predicted molar refractivity (Wildman–Crippen MR) is 103 cm³/mol. The number of ether oxygens (including phenoxy) is 1. The highest BCUT2D eigenvalue weighted by Gasteiger charge is 2.29. The van der Waals surface area contributed by atoms with Crippen LogP contribution >= 0.6 is 0 Å². The highest BCUT2D eigenvalue weighted by molar-refractivity contribution is 7.89. The summed E-state index contributed by atoms with van der Waals surface area (Å²) < 4.78 is 32.1. The molecule has 1 amide bonds. The van der Waals surface area contributed by atoms with E-state index in [9.17, 15) is 13.2 Å². The SMILES string of the molecule is COCCNS(=O)(=O)c1cccc(C(=O)N(C)C2CCc3ccccc32)c1. The summed E-state index contributed by atoms with van der Waals surface area (Å²) in [6.45, 7) is 0.456. The number of methoxy groups -OCH3 is 1.